The number of hydrogen-bond acceptors (Lipinski definition) is 2. The second kappa shape index (κ2) is 4.09. The van der Waals surface area contributed by atoms with Gasteiger partial charge in [0.1, 0.15) is 0 Å². The first-order valence-corrected chi connectivity index (χ1v) is 6.18. The van der Waals surface area contributed by atoms with E-state index in [1.165, 1.54) is 6.42 Å². The summed E-state index contributed by atoms with van der Waals surface area (Å²) in [5.74, 6) is -0.0543. The predicted octanol–water partition coefficient (Wildman–Crippen LogP) is 2.70. The van der Waals surface area contributed by atoms with Crippen LogP contribution in [0.2, 0.25) is 0 Å². The van der Waals surface area contributed by atoms with E-state index in [1.807, 2.05) is 0 Å². The standard InChI is InChI=1S/C12H15BrN2O/c1-12(6-3-7-12)15-11(16)8-4-2-5-9(14)10(8)13/h2,4-5H,3,6-7,14H2,1H3,(H,15,16). The highest BCUT2D eigenvalue weighted by Crippen LogP contribution is 2.32. The van der Waals surface area contributed by atoms with E-state index in [4.69, 9.17) is 5.73 Å². The highest BCUT2D eigenvalue weighted by molar-refractivity contribution is 9.10. The number of nitrogens with one attached hydrogen (secondary N) is 1. The minimum absolute atomic E-state index is 0.0267. The first-order chi connectivity index (χ1) is 7.52. The Hall–Kier alpha value is -1.03. The number of halogens is 1. The molecule has 0 aromatic heterocycles. The third-order valence-corrected chi connectivity index (χ3v) is 4.03. The molecule has 3 N–H and O–H groups in total. The molecule has 2 rings (SSSR count). The molecule has 0 radical (unpaired) electrons. The number of amides is 1. The molecule has 1 amide bonds. The number of nitrogens with two attached hydrogens (primary N) is 1. The summed E-state index contributed by atoms with van der Waals surface area (Å²) in [5.41, 5.74) is 6.91. The summed E-state index contributed by atoms with van der Waals surface area (Å²) in [6.07, 6.45) is 3.30. The number of rotatable bonds is 2. The van der Waals surface area contributed by atoms with E-state index in [2.05, 4.69) is 28.2 Å². The van der Waals surface area contributed by atoms with Gasteiger partial charge in [0.25, 0.3) is 5.91 Å². The van der Waals surface area contributed by atoms with Crippen molar-refractivity contribution in [3.8, 4) is 0 Å². The molecule has 0 unspecified atom stereocenters. The number of anilines is 1. The molecule has 1 aromatic rings. The molecule has 0 saturated heterocycles. The van der Waals surface area contributed by atoms with Crippen molar-refractivity contribution < 1.29 is 4.79 Å². The van der Waals surface area contributed by atoms with E-state index in [0.717, 1.165) is 12.8 Å². The normalized spacial score (nSPS) is 17.6. The van der Waals surface area contributed by atoms with Gasteiger partial charge in [0.05, 0.1) is 10.0 Å². The largest absolute Gasteiger partial charge is 0.398 e. The van der Waals surface area contributed by atoms with Crippen molar-refractivity contribution >= 4 is 27.5 Å². The molecule has 0 spiro atoms. The van der Waals surface area contributed by atoms with Gasteiger partial charge in [-0.3, -0.25) is 4.79 Å². The monoisotopic (exact) mass is 282 g/mol. The smallest absolute Gasteiger partial charge is 0.252 e. The molecule has 86 valence electrons. The minimum Gasteiger partial charge on any atom is -0.398 e. The van der Waals surface area contributed by atoms with Crippen LogP contribution in [0.25, 0.3) is 0 Å². The van der Waals surface area contributed by atoms with Gasteiger partial charge < -0.3 is 11.1 Å². The zero-order chi connectivity index (χ0) is 11.8. The van der Waals surface area contributed by atoms with Crippen LogP contribution < -0.4 is 11.1 Å². The summed E-state index contributed by atoms with van der Waals surface area (Å²) in [4.78, 5) is 12.0. The zero-order valence-corrected chi connectivity index (χ0v) is 10.8. The van der Waals surface area contributed by atoms with E-state index < -0.39 is 0 Å². The van der Waals surface area contributed by atoms with Crippen LogP contribution in [0.15, 0.2) is 22.7 Å². The molecule has 0 atom stereocenters. The fourth-order valence-electron chi connectivity index (χ4n) is 1.90. The molecule has 0 bridgehead atoms. The minimum atomic E-state index is -0.0543. The Bertz CT molecular complexity index is 427. The quantitative estimate of drug-likeness (QED) is 0.820. The molecule has 4 heteroatoms. The van der Waals surface area contributed by atoms with Gasteiger partial charge in [-0.05, 0) is 54.2 Å². The summed E-state index contributed by atoms with van der Waals surface area (Å²) < 4.78 is 0.676. The third-order valence-electron chi connectivity index (χ3n) is 3.15. The topological polar surface area (TPSA) is 55.1 Å². The van der Waals surface area contributed by atoms with E-state index in [9.17, 15) is 4.79 Å². The van der Waals surface area contributed by atoms with Crippen LogP contribution in [0.1, 0.15) is 36.5 Å². The molecule has 1 fully saturated rings. The zero-order valence-electron chi connectivity index (χ0n) is 9.22. The fraction of sp³-hybridized carbons (Fsp3) is 0.417. The van der Waals surface area contributed by atoms with Crippen molar-refractivity contribution in [3.63, 3.8) is 0 Å². The predicted molar refractivity (Wildman–Crippen MR) is 68.3 cm³/mol. The summed E-state index contributed by atoms with van der Waals surface area (Å²) in [6.45, 7) is 2.08. The first-order valence-electron chi connectivity index (χ1n) is 5.38. The van der Waals surface area contributed by atoms with Crippen LogP contribution in [0.5, 0.6) is 0 Å². The average Bonchev–Trinajstić information content (AvgIpc) is 2.19. The Balaban J connectivity index is 2.17. The van der Waals surface area contributed by atoms with Crippen LogP contribution in [0, 0.1) is 0 Å². The molecule has 1 aromatic carbocycles. The van der Waals surface area contributed by atoms with Gasteiger partial charge >= 0.3 is 0 Å². The fourth-order valence-corrected chi connectivity index (χ4v) is 2.34. The van der Waals surface area contributed by atoms with Crippen molar-refractivity contribution in [2.75, 3.05) is 5.73 Å². The second-order valence-electron chi connectivity index (χ2n) is 4.58. The third kappa shape index (κ3) is 2.07. The van der Waals surface area contributed by atoms with E-state index >= 15 is 0 Å². The Kier molecular flexibility index (Phi) is 2.93. The SMILES string of the molecule is CC1(NC(=O)c2cccc(N)c2Br)CCC1. The second-order valence-corrected chi connectivity index (χ2v) is 5.37. The first kappa shape index (κ1) is 11.5. The summed E-state index contributed by atoms with van der Waals surface area (Å²) in [7, 11) is 0. The van der Waals surface area contributed by atoms with Gasteiger partial charge in [0.2, 0.25) is 0 Å². The van der Waals surface area contributed by atoms with Crippen LogP contribution in [0.4, 0.5) is 5.69 Å². The van der Waals surface area contributed by atoms with Gasteiger partial charge in [-0.15, -0.1) is 0 Å². The Morgan fingerprint density at radius 1 is 1.50 bits per heavy atom. The van der Waals surface area contributed by atoms with Gasteiger partial charge in [-0.1, -0.05) is 6.07 Å². The Morgan fingerprint density at radius 2 is 2.19 bits per heavy atom. The molecule has 16 heavy (non-hydrogen) atoms. The number of carbonyl (C=O) groups excluding carboxylic acids is 1. The lowest BCUT2D eigenvalue weighted by Gasteiger charge is -2.39. The van der Waals surface area contributed by atoms with Crippen LogP contribution >= 0.6 is 15.9 Å². The molecule has 3 nitrogen and oxygen atoms in total. The van der Waals surface area contributed by atoms with E-state index in [-0.39, 0.29) is 11.4 Å². The number of benzene rings is 1. The maximum atomic E-state index is 12.0. The highest BCUT2D eigenvalue weighted by atomic mass is 79.9. The van der Waals surface area contributed by atoms with Crippen LogP contribution in [-0.2, 0) is 0 Å². The van der Waals surface area contributed by atoms with E-state index in [0.29, 0.717) is 15.7 Å². The van der Waals surface area contributed by atoms with Crippen molar-refractivity contribution in [2.45, 2.75) is 31.7 Å². The lowest BCUT2D eigenvalue weighted by molar-refractivity contribution is 0.0849. The Labute approximate surface area is 104 Å². The van der Waals surface area contributed by atoms with Gasteiger partial charge in [-0.25, -0.2) is 0 Å². The van der Waals surface area contributed by atoms with E-state index in [1.54, 1.807) is 18.2 Å². The molecular weight excluding hydrogens is 268 g/mol. The Morgan fingerprint density at radius 3 is 2.75 bits per heavy atom. The van der Waals surface area contributed by atoms with Gasteiger partial charge in [0, 0.05) is 11.2 Å². The number of nitrogen functional groups attached to an aromatic ring is 1. The average molecular weight is 283 g/mol. The molecule has 1 aliphatic carbocycles. The lowest BCUT2D eigenvalue weighted by atomic mass is 9.78. The number of carbonyl (C=O) groups is 1. The summed E-state index contributed by atoms with van der Waals surface area (Å²) in [5, 5.41) is 3.05. The van der Waals surface area contributed by atoms with Crippen LogP contribution in [-0.4, -0.2) is 11.4 Å². The van der Waals surface area contributed by atoms with Crippen molar-refractivity contribution in [1.82, 2.24) is 5.32 Å². The summed E-state index contributed by atoms with van der Waals surface area (Å²) in [6, 6.07) is 5.34. The highest BCUT2D eigenvalue weighted by Gasteiger charge is 2.33. The summed E-state index contributed by atoms with van der Waals surface area (Å²) >= 11 is 3.34. The van der Waals surface area contributed by atoms with Crippen LogP contribution in [0.3, 0.4) is 0 Å². The maximum absolute atomic E-state index is 12.0. The van der Waals surface area contributed by atoms with Crippen molar-refractivity contribution in [2.24, 2.45) is 0 Å². The molecule has 0 aliphatic heterocycles. The van der Waals surface area contributed by atoms with Crippen molar-refractivity contribution in [3.05, 3.63) is 28.2 Å². The van der Waals surface area contributed by atoms with Crippen molar-refractivity contribution in [1.29, 1.82) is 0 Å². The molecule has 0 heterocycles. The molecule has 1 saturated carbocycles. The maximum Gasteiger partial charge on any atom is 0.252 e. The van der Waals surface area contributed by atoms with Gasteiger partial charge in [0.15, 0.2) is 0 Å². The molecule has 1 aliphatic rings. The molecular formula is C12H15BrN2O. The number of hydrogen-bond donors (Lipinski definition) is 2. The van der Waals surface area contributed by atoms with Gasteiger partial charge in [-0.2, -0.15) is 0 Å². The lowest BCUT2D eigenvalue weighted by Crippen LogP contribution is -2.51.